The Morgan fingerprint density at radius 3 is 2.79 bits per heavy atom. The molecule has 19 heavy (non-hydrogen) atoms. The number of aromatic nitrogens is 2. The number of carbonyl (C=O) groups is 1. The van der Waals surface area contributed by atoms with Gasteiger partial charge in [0.1, 0.15) is 6.61 Å². The van der Waals surface area contributed by atoms with Gasteiger partial charge in [-0.05, 0) is 17.7 Å². The number of ether oxygens (including phenoxy) is 1. The van der Waals surface area contributed by atoms with Crippen LogP contribution in [0.15, 0.2) is 33.3 Å². The third-order valence-corrected chi connectivity index (χ3v) is 2.97. The molecule has 0 radical (unpaired) electrons. The molecule has 0 aliphatic carbocycles. The van der Waals surface area contributed by atoms with Gasteiger partial charge in [0, 0.05) is 18.0 Å². The quantitative estimate of drug-likeness (QED) is 0.814. The molecule has 0 fully saturated rings. The molecule has 5 nitrogen and oxygen atoms in total. The number of ketones is 1. The minimum absolute atomic E-state index is 0.0599. The van der Waals surface area contributed by atoms with Gasteiger partial charge in [-0.15, -0.1) is 0 Å². The number of hydrogen-bond acceptors (Lipinski definition) is 5. The summed E-state index contributed by atoms with van der Waals surface area (Å²) in [5.74, 6) is 0.818. The lowest BCUT2D eigenvalue weighted by atomic mass is 10.1. The van der Waals surface area contributed by atoms with E-state index >= 15 is 0 Å². The number of carbonyl (C=O) groups excluding carboxylic acids is 1. The van der Waals surface area contributed by atoms with Crippen LogP contribution in [0.5, 0.6) is 0 Å². The van der Waals surface area contributed by atoms with Gasteiger partial charge < -0.3 is 9.26 Å². The van der Waals surface area contributed by atoms with Crippen LogP contribution in [0.4, 0.5) is 0 Å². The van der Waals surface area contributed by atoms with E-state index in [-0.39, 0.29) is 18.8 Å². The molecule has 0 aliphatic rings. The molecule has 0 bridgehead atoms. The van der Waals surface area contributed by atoms with E-state index in [0.717, 1.165) is 10.0 Å². The molecule has 0 saturated carbocycles. The molecule has 0 unspecified atom stereocenters. The zero-order valence-corrected chi connectivity index (χ0v) is 12.0. The Balaban J connectivity index is 1.97. The first-order valence-corrected chi connectivity index (χ1v) is 6.53. The van der Waals surface area contributed by atoms with Crippen molar-refractivity contribution in [2.75, 3.05) is 13.7 Å². The second-order valence-corrected chi connectivity index (χ2v) is 4.97. The van der Waals surface area contributed by atoms with Crippen LogP contribution < -0.4 is 0 Å². The molecule has 0 spiro atoms. The van der Waals surface area contributed by atoms with E-state index in [1.807, 2.05) is 24.3 Å². The van der Waals surface area contributed by atoms with E-state index in [0.29, 0.717) is 18.1 Å². The summed E-state index contributed by atoms with van der Waals surface area (Å²) in [4.78, 5) is 15.5. The van der Waals surface area contributed by atoms with E-state index in [9.17, 15) is 4.79 Å². The van der Waals surface area contributed by atoms with E-state index in [2.05, 4.69) is 26.1 Å². The lowest BCUT2D eigenvalue weighted by molar-refractivity contribution is -0.122. The first-order valence-electron chi connectivity index (χ1n) is 5.74. The van der Waals surface area contributed by atoms with Crippen LogP contribution in [0.1, 0.15) is 17.3 Å². The number of nitrogens with zero attached hydrogens (tertiary/aromatic N) is 2. The number of rotatable bonds is 6. The summed E-state index contributed by atoms with van der Waals surface area (Å²) >= 11 is 3.38. The van der Waals surface area contributed by atoms with Gasteiger partial charge in [-0.2, -0.15) is 4.98 Å². The summed E-state index contributed by atoms with van der Waals surface area (Å²) in [6, 6.07) is 7.88. The zero-order chi connectivity index (χ0) is 13.7. The Kier molecular flexibility index (Phi) is 4.81. The minimum atomic E-state index is -0.0821. The Morgan fingerprint density at radius 2 is 2.11 bits per heavy atom. The standard InChI is InChI=1S/C13H13BrN2O3/c1-18-8-11(17)7-13-15-12(16-19-13)6-9-2-4-10(14)5-3-9/h2-5H,6-8H2,1H3. The fourth-order valence-electron chi connectivity index (χ4n) is 1.60. The predicted molar refractivity (Wildman–Crippen MR) is 71.8 cm³/mol. The van der Waals surface area contributed by atoms with Crippen LogP contribution in [0.2, 0.25) is 0 Å². The highest BCUT2D eigenvalue weighted by atomic mass is 79.9. The van der Waals surface area contributed by atoms with Crippen molar-refractivity contribution in [3.05, 3.63) is 46.0 Å². The Bertz CT molecular complexity index is 551. The normalized spacial score (nSPS) is 10.6. The van der Waals surface area contributed by atoms with Gasteiger partial charge in [-0.25, -0.2) is 0 Å². The highest BCUT2D eigenvalue weighted by Crippen LogP contribution is 2.13. The Hall–Kier alpha value is -1.53. The fraction of sp³-hybridized carbons (Fsp3) is 0.308. The lowest BCUT2D eigenvalue weighted by Gasteiger charge is -1.96. The van der Waals surface area contributed by atoms with Crippen molar-refractivity contribution >= 4 is 21.7 Å². The maximum atomic E-state index is 11.4. The summed E-state index contributed by atoms with van der Waals surface area (Å²) in [6.07, 6.45) is 0.691. The van der Waals surface area contributed by atoms with Crippen LogP contribution in [-0.4, -0.2) is 29.6 Å². The van der Waals surface area contributed by atoms with E-state index < -0.39 is 0 Å². The number of hydrogen-bond donors (Lipinski definition) is 0. The topological polar surface area (TPSA) is 65.2 Å². The number of methoxy groups -OCH3 is 1. The van der Waals surface area contributed by atoms with Gasteiger partial charge in [0.25, 0.3) is 0 Å². The second-order valence-electron chi connectivity index (χ2n) is 4.06. The van der Waals surface area contributed by atoms with Crippen molar-refractivity contribution in [2.24, 2.45) is 0 Å². The first kappa shape index (κ1) is 13.9. The van der Waals surface area contributed by atoms with Gasteiger partial charge in [0.2, 0.25) is 5.89 Å². The number of benzene rings is 1. The average Bonchev–Trinajstić information content (AvgIpc) is 2.80. The van der Waals surface area contributed by atoms with Crippen LogP contribution in [0.25, 0.3) is 0 Å². The van der Waals surface area contributed by atoms with Crippen molar-refractivity contribution in [3.8, 4) is 0 Å². The lowest BCUT2D eigenvalue weighted by Crippen LogP contribution is -2.09. The smallest absolute Gasteiger partial charge is 0.234 e. The van der Waals surface area contributed by atoms with Crippen molar-refractivity contribution < 1.29 is 14.1 Å². The van der Waals surface area contributed by atoms with Gasteiger partial charge in [0.05, 0.1) is 6.42 Å². The van der Waals surface area contributed by atoms with Crippen LogP contribution in [0, 0.1) is 0 Å². The average molecular weight is 325 g/mol. The molecule has 0 amide bonds. The number of halogens is 1. The summed E-state index contributed by atoms with van der Waals surface area (Å²) in [5, 5.41) is 3.86. The third kappa shape index (κ3) is 4.25. The Morgan fingerprint density at radius 1 is 1.37 bits per heavy atom. The second kappa shape index (κ2) is 6.58. The number of Topliss-reactive ketones (excluding diaryl/α,β-unsaturated/α-hetero) is 1. The molecular formula is C13H13BrN2O3. The molecule has 100 valence electrons. The van der Waals surface area contributed by atoms with E-state index in [4.69, 9.17) is 9.26 Å². The van der Waals surface area contributed by atoms with Crippen molar-refractivity contribution in [2.45, 2.75) is 12.8 Å². The molecule has 6 heteroatoms. The largest absolute Gasteiger partial charge is 0.377 e. The van der Waals surface area contributed by atoms with Crippen molar-refractivity contribution in [1.29, 1.82) is 0 Å². The summed E-state index contributed by atoms with van der Waals surface area (Å²) in [6.45, 7) is 0.0599. The van der Waals surface area contributed by atoms with E-state index in [1.54, 1.807) is 0 Å². The SMILES string of the molecule is COCC(=O)Cc1nc(Cc2ccc(Br)cc2)no1. The van der Waals surface area contributed by atoms with Gasteiger partial charge >= 0.3 is 0 Å². The molecule has 1 aromatic carbocycles. The summed E-state index contributed by atoms with van der Waals surface area (Å²) in [5.41, 5.74) is 1.08. The fourth-order valence-corrected chi connectivity index (χ4v) is 1.86. The van der Waals surface area contributed by atoms with Gasteiger partial charge in [-0.1, -0.05) is 33.2 Å². The molecule has 0 atom stereocenters. The molecule has 0 N–H and O–H groups in total. The van der Waals surface area contributed by atoms with Gasteiger partial charge in [0.15, 0.2) is 11.6 Å². The monoisotopic (exact) mass is 324 g/mol. The molecule has 1 aromatic heterocycles. The molecule has 0 saturated heterocycles. The molecule has 2 rings (SSSR count). The molecule has 0 aliphatic heterocycles. The molecule has 2 aromatic rings. The Labute approximate surface area is 119 Å². The van der Waals surface area contributed by atoms with Gasteiger partial charge in [-0.3, -0.25) is 4.79 Å². The molecule has 1 heterocycles. The minimum Gasteiger partial charge on any atom is -0.377 e. The van der Waals surface area contributed by atoms with E-state index in [1.165, 1.54) is 7.11 Å². The van der Waals surface area contributed by atoms with Crippen LogP contribution in [0.3, 0.4) is 0 Å². The van der Waals surface area contributed by atoms with Crippen LogP contribution in [-0.2, 0) is 22.4 Å². The maximum absolute atomic E-state index is 11.4. The summed E-state index contributed by atoms with van der Waals surface area (Å²) in [7, 11) is 1.48. The summed E-state index contributed by atoms with van der Waals surface area (Å²) < 4.78 is 10.8. The third-order valence-electron chi connectivity index (χ3n) is 2.44. The molecular weight excluding hydrogens is 312 g/mol. The maximum Gasteiger partial charge on any atom is 0.234 e. The zero-order valence-electron chi connectivity index (χ0n) is 10.4. The highest BCUT2D eigenvalue weighted by Gasteiger charge is 2.11. The van der Waals surface area contributed by atoms with Crippen LogP contribution >= 0.6 is 15.9 Å². The predicted octanol–water partition coefficient (Wildman–Crippen LogP) is 2.18. The van der Waals surface area contributed by atoms with Crippen molar-refractivity contribution in [3.63, 3.8) is 0 Å². The van der Waals surface area contributed by atoms with Crippen molar-refractivity contribution in [1.82, 2.24) is 10.1 Å². The first-order chi connectivity index (χ1) is 9.17. The highest BCUT2D eigenvalue weighted by molar-refractivity contribution is 9.10.